The molecule has 1 saturated heterocycles. The third-order valence-electron chi connectivity index (χ3n) is 3.28. The van der Waals surface area contributed by atoms with Crippen molar-refractivity contribution in [2.75, 3.05) is 25.1 Å². The van der Waals surface area contributed by atoms with Crippen LogP contribution in [0.3, 0.4) is 0 Å². The van der Waals surface area contributed by atoms with Gasteiger partial charge >= 0.3 is 5.97 Å². The van der Waals surface area contributed by atoms with Gasteiger partial charge in [-0.1, -0.05) is 5.11 Å². The molecule has 1 aliphatic rings. The molecule has 1 fully saturated rings. The summed E-state index contributed by atoms with van der Waals surface area (Å²) in [4.78, 5) is 27.5. The van der Waals surface area contributed by atoms with Crippen molar-refractivity contribution >= 4 is 17.6 Å². The van der Waals surface area contributed by atoms with Crippen LogP contribution in [0.2, 0.25) is 0 Å². The molecule has 0 radical (unpaired) electrons. The molecule has 7 nitrogen and oxygen atoms in total. The number of azide groups is 1. The molecule has 2 rings (SSSR count). The smallest absolute Gasteiger partial charge is 0.340 e. The maximum absolute atomic E-state index is 13.6. The molecule has 0 N–H and O–H groups in total. The zero-order valence-electron chi connectivity index (χ0n) is 11.3. The van der Waals surface area contributed by atoms with Crippen LogP contribution in [0.1, 0.15) is 16.8 Å². The molecule has 1 amide bonds. The summed E-state index contributed by atoms with van der Waals surface area (Å²) in [5.74, 6) is -1.75. The number of hydrogen-bond donors (Lipinski definition) is 0. The predicted molar refractivity (Wildman–Crippen MR) is 72.2 cm³/mol. The largest absolute Gasteiger partial charge is 0.465 e. The van der Waals surface area contributed by atoms with E-state index < -0.39 is 11.8 Å². The Morgan fingerprint density at radius 3 is 3.05 bits per heavy atom. The van der Waals surface area contributed by atoms with Gasteiger partial charge in [0, 0.05) is 30.1 Å². The number of anilines is 1. The summed E-state index contributed by atoms with van der Waals surface area (Å²) in [6.45, 7) is 0.591. The Hall–Kier alpha value is -2.60. The lowest BCUT2D eigenvalue weighted by Gasteiger charge is -2.17. The number of amides is 1. The minimum atomic E-state index is -0.799. The molecule has 0 spiro atoms. The Morgan fingerprint density at radius 2 is 2.38 bits per heavy atom. The number of carbonyl (C=O) groups is 2. The van der Waals surface area contributed by atoms with E-state index in [1.807, 2.05) is 0 Å². The molecule has 1 heterocycles. The lowest BCUT2D eigenvalue weighted by Crippen LogP contribution is -2.25. The molecule has 21 heavy (non-hydrogen) atoms. The van der Waals surface area contributed by atoms with E-state index in [1.165, 1.54) is 17.0 Å². The summed E-state index contributed by atoms with van der Waals surface area (Å²) in [5, 5.41) is 3.46. The molecule has 0 saturated carbocycles. The first-order chi connectivity index (χ1) is 10.1. The lowest BCUT2D eigenvalue weighted by molar-refractivity contribution is -0.117. The normalized spacial score (nSPS) is 17.5. The lowest BCUT2D eigenvalue weighted by atomic mass is 10.1. The van der Waals surface area contributed by atoms with Gasteiger partial charge in [0.05, 0.1) is 12.7 Å². The fourth-order valence-electron chi connectivity index (χ4n) is 2.25. The minimum Gasteiger partial charge on any atom is -0.465 e. The van der Waals surface area contributed by atoms with Gasteiger partial charge in [-0.05, 0) is 29.6 Å². The van der Waals surface area contributed by atoms with Crippen LogP contribution in [0, 0.1) is 11.7 Å². The van der Waals surface area contributed by atoms with Crippen molar-refractivity contribution in [2.45, 2.75) is 6.42 Å². The van der Waals surface area contributed by atoms with Crippen LogP contribution in [0.4, 0.5) is 10.1 Å². The molecular weight excluding hydrogens is 279 g/mol. The number of esters is 1. The number of carbonyl (C=O) groups excluding carboxylic acids is 2. The number of ether oxygens (including phenoxy) is 1. The molecular formula is C13H13FN4O3. The van der Waals surface area contributed by atoms with E-state index in [1.54, 1.807) is 0 Å². The summed E-state index contributed by atoms with van der Waals surface area (Å²) < 4.78 is 18.1. The number of rotatable bonds is 4. The Morgan fingerprint density at radius 1 is 1.62 bits per heavy atom. The molecule has 0 aliphatic carbocycles. The maximum atomic E-state index is 13.6. The predicted octanol–water partition coefficient (Wildman–Crippen LogP) is 2.28. The van der Waals surface area contributed by atoms with Crippen molar-refractivity contribution in [3.05, 3.63) is 40.0 Å². The molecule has 1 aromatic rings. The van der Waals surface area contributed by atoms with Crippen molar-refractivity contribution in [1.82, 2.24) is 0 Å². The molecule has 1 aliphatic heterocycles. The second kappa shape index (κ2) is 6.23. The highest BCUT2D eigenvalue weighted by Gasteiger charge is 2.30. The summed E-state index contributed by atoms with van der Waals surface area (Å²) in [5.41, 5.74) is 8.50. The second-order valence-corrected chi connectivity index (χ2v) is 4.64. The van der Waals surface area contributed by atoms with Crippen LogP contribution in [0.5, 0.6) is 0 Å². The number of nitrogens with zero attached hydrogens (tertiary/aromatic N) is 4. The van der Waals surface area contributed by atoms with Crippen molar-refractivity contribution < 1.29 is 18.7 Å². The second-order valence-electron chi connectivity index (χ2n) is 4.64. The van der Waals surface area contributed by atoms with Gasteiger partial charge in [-0.25, -0.2) is 9.18 Å². The van der Waals surface area contributed by atoms with Crippen LogP contribution in [-0.2, 0) is 9.53 Å². The number of methoxy groups -OCH3 is 1. The zero-order chi connectivity index (χ0) is 15.4. The monoisotopic (exact) mass is 292 g/mol. The minimum absolute atomic E-state index is 0.0833. The summed E-state index contributed by atoms with van der Waals surface area (Å²) in [6, 6.07) is 3.83. The molecule has 1 aromatic carbocycles. The van der Waals surface area contributed by atoms with Gasteiger partial charge in [0.15, 0.2) is 0 Å². The van der Waals surface area contributed by atoms with Gasteiger partial charge in [-0.15, -0.1) is 0 Å². The molecule has 110 valence electrons. The van der Waals surface area contributed by atoms with Gasteiger partial charge in [0.25, 0.3) is 0 Å². The summed E-state index contributed by atoms with van der Waals surface area (Å²) in [6.07, 6.45) is 0.254. The van der Waals surface area contributed by atoms with Crippen LogP contribution in [-0.4, -0.2) is 32.1 Å². The maximum Gasteiger partial charge on any atom is 0.340 e. The first-order valence-electron chi connectivity index (χ1n) is 6.26. The number of halogens is 1. The highest BCUT2D eigenvalue weighted by Crippen LogP contribution is 2.27. The first-order valence-corrected chi connectivity index (χ1v) is 6.26. The Labute approximate surface area is 119 Å². The summed E-state index contributed by atoms with van der Waals surface area (Å²) >= 11 is 0. The van der Waals surface area contributed by atoms with E-state index in [2.05, 4.69) is 14.8 Å². The van der Waals surface area contributed by atoms with Crippen molar-refractivity contribution in [2.24, 2.45) is 11.0 Å². The third-order valence-corrected chi connectivity index (χ3v) is 3.28. The Balaban J connectivity index is 2.24. The average molecular weight is 292 g/mol. The fraction of sp³-hybridized carbons (Fsp3) is 0.385. The highest BCUT2D eigenvalue weighted by molar-refractivity contribution is 5.97. The van der Waals surface area contributed by atoms with E-state index in [0.717, 1.165) is 13.2 Å². The molecule has 8 heteroatoms. The van der Waals surface area contributed by atoms with E-state index in [-0.39, 0.29) is 30.4 Å². The van der Waals surface area contributed by atoms with E-state index >= 15 is 0 Å². The van der Waals surface area contributed by atoms with Crippen molar-refractivity contribution in [1.29, 1.82) is 0 Å². The van der Waals surface area contributed by atoms with Gasteiger partial charge in [0.2, 0.25) is 5.91 Å². The molecule has 1 atom stereocenters. The van der Waals surface area contributed by atoms with Gasteiger partial charge in [-0.3, -0.25) is 4.79 Å². The fourth-order valence-corrected chi connectivity index (χ4v) is 2.25. The summed E-state index contributed by atoms with van der Waals surface area (Å²) in [7, 11) is 1.16. The molecule has 0 bridgehead atoms. The average Bonchev–Trinajstić information content (AvgIpc) is 2.86. The first kappa shape index (κ1) is 14.8. The van der Waals surface area contributed by atoms with Crippen LogP contribution in [0.25, 0.3) is 10.4 Å². The van der Waals surface area contributed by atoms with Crippen LogP contribution >= 0.6 is 0 Å². The van der Waals surface area contributed by atoms with Crippen molar-refractivity contribution in [3.8, 4) is 0 Å². The van der Waals surface area contributed by atoms with E-state index in [0.29, 0.717) is 12.2 Å². The van der Waals surface area contributed by atoms with Crippen molar-refractivity contribution in [3.63, 3.8) is 0 Å². The SMILES string of the molecule is COC(=O)c1cc(N2CC(CN=[N+]=[N-])CC2=O)ccc1F. The van der Waals surface area contributed by atoms with E-state index in [9.17, 15) is 14.0 Å². The standard InChI is InChI=1S/C13H13FN4O3/c1-21-13(20)10-5-9(2-3-11(10)14)18-7-8(4-12(18)19)6-16-17-15/h2-3,5,8H,4,6-7H2,1H3. The van der Waals surface area contributed by atoms with Crippen LogP contribution in [0.15, 0.2) is 23.3 Å². The topological polar surface area (TPSA) is 95.4 Å². The van der Waals surface area contributed by atoms with Gasteiger partial charge in [-0.2, -0.15) is 0 Å². The zero-order valence-corrected chi connectivity index (χ0v) is 11.3. The Kier molecular flexibility index (Phi) is 4.39. The van der Waals surface area contributed by atoms with Crippen LogP contribution < -0.4 is 4.90 Å². The Bertz CT molecular complexity index is 628. The molecule has 0 aromatic heterocycles. The third kappa shape index (κ3) is 3.11. The van der Waals surface area contributed by atoms with E-state index in [4.69, 9.17) is 5.53 Å². The molecule has 1 unspecified atom stereocenters. The quantitative estimate of drug-likeness (QED) is 0.368. The van der Waals surface area contributed by atoms with Gasteiger partial charge in [0.1, 0.15) is 5.82 Å². The number of benzene rings is 1. The highest BCUT2D eigenvalue weighted by atomic mass is 19.1. The van der Waals surface area contributed by atoms with Gasteiger partial charge < -0.3 is 9.64 Å². The number of hydrogen-bond acceptors (Lipinski definition) is 4.